The van der Waals surface area contributed by atoms with Crippen molar-refractivity contribution in [1.82, 2.24) is 4.98 Å². The van der Waals surface area contributed by atoms with E-state index in [1.807, 2.05) is 37.3 Å². The first-order chi connectivity index (χ1) is 10.6. The molecule has 1 saturated heterocycles. The fraction of sp³-hybridized carbons (Fsp3) is 0.312. The van der Waals surface area contributed by atoms with Crippen LogP contribution in [0.4, 0.5) is 5.69 Å². The number of aromatic nitrogens is 1. The molecule has 1 aliphatic rings. The second-order valence-electron chi connectivity index (χ2n) is 5.26. The molecule has 5 nitrogen and oxygen atoms in total. The molecule has 1 aromatic heterocycles. The van der Waals surface area contributed by atoms with Crippen molar-refractivity contribution >= 4 is 28.9 Å². The molecular weight excluding hydrogens is 300 g/mol. The molecule has 1 atom stereocenters. The average molecular weight is 316 g/mol. The number of carbonyl (C=O) groups excluding carboxylic acids is 2. The van der Waals surface area contributed by atoms with Crippen LogP contribution in [0.15, 0.2) is 35.7 Å². The largest absolute Gasteiger partial charge is 0.461 e. The number of nitrogens with zero attached hydrogens (tertiary/aromatic N) is 2. The highest BCUT2D eigenvalue weighted by molar-refractivity contribution is 7.09. The Hall–Kier alpha value is -2.21. The molecule has 0 N–H and O–H groups in total. The van der Waals surface area contributed by atoms with Crippen molar-refractivity contribution in [3.8, 4) is 0 Å². The van der Waals surface area contributed by atoms with Gasteiger partial charge in [0, 0.05) is 30.0 Å². The Morgan fingerprint density at radius 3 is 2.86 bits per heavy atom. The summed E-state index contributed by atoms with van der Waals surface area (Å²) >= 11 is 1.41. The van der Waals surface area contributed by atoms with Gasteiger partial charge in [0.25, 0.3) is 0 Å². The van der Waals surface area contributed by atoms with Crippen LogP contribution in [0.1, 0.15) is 21.9 Å². The maximum atomic E-state index is 12.1. The van der Waals surface area contributed by atoms with Crippen LogP contribution in [-0.4, -0.2) is 30.0 Å². The van der Waals surface area contributed by atoms with Gasteiger partial charge in [-0.2, -0.15) is 0 Å². The van der Waals surface area contributed by atoms with Gasteiger partial charge in [0.15, 0.2) is 5.69 Å². The Bertz CT molecular complexity index is 684. The van der Waals surface area contributed by atoms with E-state index in [9.17, 15) is 9.59 Å². The Balaban J connectivity index is 1.56. The quantitative estimate of drug-likeness (QED) is 0.814. The Morgan fingerprint density at radius 1 is 1.41 bits per heavy atom. The number of aryl methyl sites for hydroxylation is 1. The van der Waals surface area contributed by atoms with Gasteiger partial charge in [0.2, 0.25) is 5.91 Å². The minimum atomic E-state index is -0.421. The van der Waals surface area contributed by atoms with Gasteiger partial charge >= 0.3 is 5.97 Å². The maximum Gasteiger partial charge on any atom is 0.357 e. The van der Waals surface area contributed by atoms with Gasteiger partial charge in [0.05, 0.1) is 11.6 Å². The Morgan fingerprint density at radius 2 is 2.18 bits per heavy atom. The number of esters is 1. The second-order valence-corrected chi connectivity index (χ2v) is 6.32. The smallest absolute Gasteiger partial charge is 0.357 e. The van der Waals surface area contributed by atoms with Crippen LogP contribution in [0.3, 0.4) is 0 Å². The summed E-state index contributed by atoms with van der Waals surface area (Å²) in [6.07, 6.45) is 0.401. The zero-order chi connectivity index (χ0) is 15.5. The number of rotatable bonds is 4. The first-order valence-electron chi connectivity index (χ1n) is 7.08. The van der Waals surface area contributed by atoms with Gasteiger partial charge in [-0.15, -0.1) is 11.3 Å². The number of thiazole rings is 1. The number of carbonyl (C=O) groups is 2. The van der Waals surface area contributed by atoms with Crippen LogP contribution in [0, 0.1) is 12.8 Å². The van der Waals surface area contributed by atoms with Crippen molar-refractivity contribution in [3.63, 3.8) is 0 Å². The van der Waals surface area contributed by atoms with Crippen molar-refractivity contribution in [2.45, 2.75) is 13.3 Å². The highest BCUT2D eigenvalue weighted by Crippen LogP contribution is 2.25. The standard InChI is InChI=1S/C16H16N2O3S/c1-11-17-14(10-22-11)16(20)21-9-12-7-15(19)18(8-12)13-5-3-2-4-6-13/h2-6,10,12H,7-9H2,1H3/t12-/m0/s1. The van der Waals surface area contributed by atoms with Crippen molar-refractivity contribution in [2.75, 3.05) is 18.1 Å². The molecule has 22 heavy (non-hydrogen) atoms. The summed E-state index contributed by atoms with van der Waals surface area (Å²) in [5.74, 6) is -0.330. The van der Waals surface area contributed by atoms with E-state index in [0.29, 0.717) is 18.7 Å². The Labute approximate surface area is 132 Å². The third-order valence-corrected chi connectivity index (χ3v) is 4.32. The molecule has 0 radical (unpaired) electrons. The zero-order valence-electron chi connectivity index (χ0n) is 12.2. The fourth-order valence-electron chi connectivity index (χ4n) is 2.48. The third-order valence-electron chi connectivity index (χ3n) is 3.55. The number of amides is 1. The number of hydrogen-bond acceptors (Lipinski definition) is 5. The number of benzene rings is 1. The molecule has 0 spiro atoms. The molecule has 114 valence electrons. The topological polar surface area (TPSA) is 59.5 Å². The normalized spacial score (nSPS) is 17.8. The van der Waals surface area contributed by atoms with Crippen LogP contribution in [0.2, 0.25) is 0 Å². The molecule has 6 heteroatoms. The summed E-state index contributed by atoms with van der Waals surface area (Å²) in [5, 5.41) is 2.52. The minimum absolute atomic E-state index is 0.0244. The third kappa shape index (κ3) is 3.17. The Kier molecular flexibility index (Phi) is 4.20. The summed E-state index contributed by atoms with van der Waals surface area (Å²) in [5.41, 5.74) is 1.23. The molecule has 0 saturated carbocycles. The molecular formula is C16H16N2O3S. The minimum Gasteiger partial charge on any atom is -0.461 e. The zero-order valence-corrected chi connectivity index (χ0v) is 13.0. The van der Waals surface area contributed by atoms with E-state index < -0.39 is 5.97 Å². The van der Waals surface area contributed by atoms with Crippen LogP contribution >= 0.6 is 11.3 Å². The summed E-state index contributed by atoms with van der Waals surface area (Å²) in [6.45, 7) is 2.66. The predicted octanol–water partition coefficient (Wildman–Crippen LogP) is 2.66. The van der Waals surface area contributed by atoms with Crippen molar-refractivity contribution < 1.29 is 14.3 Å². The molecule has 0 aliphatic carbocycles. The van der Waals surface area contributed by atoms with E-state index >= 15 is 0 Å². The molecule has 0 bridgehead atoms. The van der Waals surface area contributed by atoms with E-state index in [2.05, 4.69) is 4.98 Å². The van der Waals surface area contributed by atoms with E-state index in [1.165, 1.54) is 11.3 Å². The summed E-state index contributed by atoms with van der Waals surface area (Å²) in [6, 6.07) is 9.54. The molecule has 1 aromatic carbocycles. The second kappa shape index (κ2) is 6.27. The first kappa shape index (κ1) is 14.7. The van der Waals surface area contributed by atoms with Gasteiger partial charge in [-0.05, 0) is 19.1 Å². The van der Waals surface area contributed by atoms with E-state index in [0.717, 1.165) is 10.7 Å². The summed E-state index contributed by atoms with van der Waals surface area (Å²) in [7, 11) is 0. The van der Waals surface area contributed by atoms with Crippen LogP contribution in [0.25, 0.3) is 0 Å². The fourth-order valence-corrected chi connectivity index (χ4v) is 3.06. The number of para-hydroxylation sites is 1. The molecule has 1 amide bonds. The highest BCUT2D eigenvalue weighted by Gasteiger charge is 2.31. The van der Waals surface area contributed by atoms with Crippen molar-refractivity contribution in [2.24, 2.45) is 5.92 Å². The highest BCUT2D eigenvalue weighted by atomic mass is 32.1. The molecule has 2 aromatic rings. The number of ether oxygens (including phenoxy) is 1. The molecule has 1 fully saturated rings. The van der Waals surface area contributed by atoms with Crippen LogP contribution in [0.5, 0.6) is 0 Å². The van der Waals surface area contributed by atoms with Crippen molar-refractivity contribution in [1.29, 1.82) is 0 Å². The lowest BCUT2D eigenvalue weighted by Gasteiger charge is -2.16. The maximum absolute atomic E-state index is 12.1. The molecule has 0 unspecified atom stereocenters. The van der Waals surface area contributed by atoms with E-state index in [-0.39, 0.29) is 18.4 Å². The number of anilines is 1. The van der Waals surface area contributed by atoms with E-state index in [1.54, 1.807) is 10.3 Å². The molecule has 3 rings (SSSR count). The van der Waals surface area contributed by atoms with Gasteiger partial charge in [-0.25, -0.2) is 9.78 Å². The monoisotopic (exact) mass is 316 g/mol. The number of hydrogen-bond donors (Lipinski definition) is 0. The lowest BCUT2D eigenvalue weighted by atomic mass is 10.1. The van der Waals surface area contributed by atoms with Gasteiger partial charge in [-0.1, -0.05) is 18.2 Å². The molecule has 1 aliphatic heterocycles. The molecule has 2 heterocycles. The SMILES string of the molecule is Cc1nc(C(=O)OC[C@H]2CC(=O)N(c3ccccc3)C2)cs1. The average Bonchev–Trinajstić information content (AvgIpc) is 3.12. The lowest BCUT2D eigenvalue weighted by Crippen LogP contribution is -2.25. The van der Waals surface area contributed by atoms with Crippen molar-refractivity contribution in [3.05, 3.63) is 46.4 Å². The van der Waals surface area contributed by atoms with E-state index in [4.69, 9.17) is 4.74 Å². The predicted molar refractivity (Wildman–Crippen MR) is 84.0 cm³/mol. The summed E-state index contributed by atoms with van der Waals surface area (Å²) < 4.78 is 5.28. The van der Waals surface area contributed by atoms with Gasteiger partial charge in [0.1, 0.15) is 0 Å². The van der Waals surface area contributed by atoms with Crippen LogP contribution < -0.4 is 4.90 Å². The first-order valence-corrected chi connectivity index (χ1v) is 7.96. The van der Waals surface area contributed by atoms with Gasteiger partial charge < -0.3 is 9.64 Å². The van der Waals surface area contributed by atoms with Gasteiger partial charge in [-0.3, -0.25) is 4.79 Å². The van der Waals surface area contributed by atoms with Crippen LogP contribution in [-0.2, 0) is 9.53 Å². The summed E-state index contributed by atoms with van der Waals surface area (Å²) in [4.78, 5) is 29.8. The lowest BCUT2D eigenvalue weighted by molar-refractivity contribution is -0.117.